The number of halogens is 2. The second-order valence-electron chi connectivity index (χ2n) is 6.19. The summed E-state index contributed by atoms with van der Waals surface area (Å²) in [6, 6.07) is 6.81. The van der Waals surface area contributed by atoms with Crippen LogP contribution in [0.15, 0.2) is 24.3 Å². The number of nitrogens with zero attached hydrogens (tertiary/aromatic N) is 2. The third kappa shape index (κ3) is 4.37. The number of hydrogen-bond donors (Lipinski definition) is 4. The van der Waals surface area contributed by atoms with Crippen LogP contribution in [0.1, 0.15) is 24.0 Å². The molecule has 1 aromatic heterocycles. The van der Waals surface area contributed by atoms with Gasteiger partial charge in [-0.25, -0.2) is 0 Å². The van der Waals surface area contributed by atoms with Crippen LogP contribution in [0.5, 0.6) is 0 Å². The van der Waals surface area contributed by atoms with Gasteiger partial charge < -0.3 is 21.3 Å². The molecule has 0 radical (unpaired) electrons. The molecule has 0 saturated heterocycles. The van der Waals surface area contributed by atoms with Gasteiger partial charge in [-0.2, -0.15) is 9.97 Å². The number of aliphatic hydroxyl groups is 2. The lowest BCUT2D eigenvalue weighted by Gasteiger charge is -2.18. The number of anilines is 2. The molecular weight excluding hydrogens is 375 g/mol. The summed E-state index contributed by atoms with van der Waals surface area (Å²) in [5.41, 5.74) is 6.86. The lowest BCUT2D eigenvalue weighted by Crippen LogP contribution is -2.29. The molecule has 1 aliphatic carbocycles. The third-order valence-electron chi connectivity index (χ3n) is 4.27. The van der Waals surface area contributed by atoms with Crippen LogP contribution >= 0.6 is 23.2 Å². The number of nitrogens with one attached hydrogen (secondary N) is 1. The van der Waals surface area contributed by atoms with Crippen molar-refractivity contribution in [3.05, 3.63) is 45.6 Å². The number of nitrogen functional groups attached to an aromatic ring is 1. The fourth-order valence-electron chi connectivity index (χ4n) is 2.93. The molecule has 0 bridgehead atoms. The van der Waals surface area contributed by atoms with Crippen molar-refractivity contribution >= 4 is 35.0 Å². The highest BCUT2D eigenvalue weighted by molar-refractivity contribution is 6.31. The molecule has 1 fully saturated rings. The van der Waals surface area contributed by atoms with Crippen LogP contribution in [0.25, 0.3) is 0 Å². The van der Waals surface area contributed by atoms with Gasteiger partial charge >= 0.3 is 0 Å². The van der Waals surface area contributed by atoms with Crippen LogP contribution in [0, 0.1) is 17.8 Å². The molecule has 3 rings (SSSR count). The summed E-state index contributed by atoms with van der Waals surface area (Å²) in [5.74, 6) is 6.37. The Balaban J connectivity index is 1.90. The molecule has 0 unspecified atom stereocenters. The molecule has 0 aliphatic heterocycles. The van der Waals surface area contributed by atoms with Gasteiger partial charge in [0, 0.05) is 17.2 Å². The summed E-state index contributed by atoms with van der Waals surface area (Å²) in [5, 5.41) is 23.4. The molecule has 5 N–H and O–H groups in total. The summed E-state index contributed by atoms with van der Waals surface area (Å²) in [4.78, 5) is 8.13. The van der Waals surface area contributed by atoms with Gasteiger partial charge in [0.25, 0.3) is 0 Å². The average molecular weight is 393 g/mol. The smallest absolute Gasteiger partial charge is 0.223 e. The van der Waals surface area contributed by atoms with Gasteiger partial charge in [-0.05, 0) is 43.0 Å². The predicted octanol–water partition coefficient (Wildman–Crippen LogP) is 2.31. The predicted molar refractivity (Wildman–Crippen MR) is 102 cm³/mol. The Morgan fingerprint density at radius 3 is 2.54 bits per heavy atom. The van der Waals surface area contributed by atoms with Gasteiger partial charge in [0.2, 0.25) is 5.95 Å². The van der Waals surface area contributed by atoms with Crippen LogP contribution in [0.2, 0.25) is 10.2 Å². The van der Waals surface area contributed by atoms with Crippen LogP contribution in [-0.4, -0.2) is 38.9 Å². The van der Waals surface area contributed by atoms with Crippen molar-refractivity contribution in [3.8, 4) is 11.8 Å². The van der Waals surface area contributed by atoms with Crippen molar-refractivity contribution in [1.82, 2.24) is 9.97 Å². The number of hydrogen-bond acceptors (Lipinski definition) is 6. The minimum Gasteiger partial charge on any atom is -0.396 e. The largest absolute Gasteiger partial charge is 0.396 e. The highest BCUT2D eigenvalue weighted by Gasteiger charge is 2.33. The summed E-state index contributed by atoms with van der Waals surface area (Å²) in [6.07, 6.45) is 0.538. The van der Waals surface area contributed by atoms with Crippen molar-refractivity contribution in [1.29, 1.82) is 0 Å². The fraction of sp³-hybridized carbons (Fsp3) is 0.333. The monoisotopic (exact) mass is 392 g/mol. The second-order valence-corrected chi connectivity index (χ2v) is 6.99. The number of aromatic nitrogens is 2. The van der Waals surface area contributed by atoms with E-state index in [4.69, 9.17) is 28.9 Å². The molecule has 0 spiro atoms. The minimum absolute atomic E-state index is 0.0146. The van der Waals surface area contributed by atoms with Crippen molar-refractivity contribution < 1.29 is 10.2 Å². The Morgan fingerprint density at radius 1 is 1.15 bits per heavy atom. The van der Waals surface area contributed by atoms with Crippen LogP contribution in [0.4, 0.5) is 11.8 Å². The highest BCUT2D eigenvalue weighted by atomic mass is 35.5. The van der Waals surface area contributed by atoms with E-state index >= 15 is 0 Å². The number of aliphatic hydroxyl groups excluding tert-OH is 2. The van der Waals surface area contributed by atoms with Crippen LogP contribution in [-0.2, 0) is 0 Å². The number of benzene rings is 1. The van der Waals surface area contributed by atoms with Gasteiger partial charge in [-0.3, -0.25) is 0 Å². The van der Waals surface area contributed by atoms with E-state index in [1.54, 1.807) is 24.3 Å². The maximum absolute atomic E-state index is 10.2. The van der Waals surface area contributed by atoms with Gasteiger partial charge in [-0.15, -0.1) is 0 Å². The molecule has 8 heteroatoms. The molecule has 1 heterocycles. The third-order valence-corrected chi connectivity index (χ3v) is 4.79. The first-order valence-electron chi connectivity index (χ1n) is 8.12. The topological polar surface area (TPSA) is 104 Å². The normalized spacial score (nSPS) is 21.9. The van der Waals surface area contributed by atoms with E-state index in [2.05, 4.69) is 27.1 Å². The molecule has 136 valence electrons. The molecule has 26 heavy (non-hydrogen) atoms. The zero-order valence-corrected chi connectivity index (χ0v) is 15.3. The van der Waals surface area contributed by atoms with E-state index in [1.807, 2.05) is 0 Å². The molecule has 1 saturated carbocycles. The summed E-state index contributed by atoms with van der Waals surface area (Å²) in [6.45, 7) is 0.0329. The van der Waals surface area contributed by atoms with E-state index < -0.39 is 6.10 Å². The van der Waals surface area contributed by atoms with Crippen LogP contribution in [0.3, 0.4) is 0 Å². The number of nitrogens with two attached hydrogens (primary N) is 1. The average Bonchev–Trinajstić information content (AvgIpc) is 2.95. The summed E-state index contributed by atoms with van der Waals surface area (Å²) in [7, 11) is 0. The maximum atomic E-state index is 10.2. The van der Waals surface area contributed by atoms with Gasteiger partial charge in [0.1, 0.15) is 11.4 Å². The Hall–Kier alpha value is -2.04. The minimum atomic E-state index is -0.598. The first-order chi connectivity index (χ1) is 12.5. The molecule has 1 aliphatic rings. The Labute approximate surface area is 161 Å². The SMILES string of the molecule is Nc1nc(Cl)c(C#Cc2ccc(Cl)cc2)c(N[C@@H]2C[C@H](CO)C[C@H]2O)n1. The van der Waals surface area contributed by atoms with Crippen molar-refractivity contribution in [3.63, 3.8) is 0 Å². The van der Waals surface area contributed by atoms with Crippen molar-refractivity contribution in [2.75, 3.05) is 17.7 Å². The van der Waals surface area contributed by atoms with E-state index in [9.17, 15) is 10.2 Å². The quantitative estimate of drug-likeness (QED) is 0.471. The first kappa shape index (κ1) is 18.7. The first-order valence-corrected chi connectivity index (χ1v) is 8.88. The van der Waals surface area contributed by atoms with E-state index in [0.717, 1.165) is 5.56 Å². The van der Waals surface area contributed by atoms with Gasteiger partial charge in [0.15, 0.2) is 5.15 Å². The number of rotatable bonds is 3. The van der Waals surface area contributed by atoms with Gasteiger partial charge in [0.05, 0.1) is 12.1 Å². The zero-order chi connectivity index (χ0) is 18.7. The Bertz CT molecular complexity index is 849. The molecule has 1 aromatic carbocycles. The lowest BCUT2D eigenvalue weighted by molar-refractivity contribution is 0.157. The fourth-order valence-corrected chi connectivity index (χ4v) is 3.28. The summed E-state index contributed by atoms with van der Waals surface area (Å²) >= 11 is 12.1. The Morgan fingerprint density at radius 2 is 1.88 bits per heavy atom. The van der Waals surface area contributed by atoms with Crippen molar-refractivity contribution in [2.24, 2.45) is 5.92 Å². The van der Waals surface area contributed by atoms with Crippen LogP contribution < -0.4 is 11.1 Å². The van der Waals surface area contributed by atoms with E-state index in [-0.39, 0.29) is 29.7 Å². The molecule has 0 amide bonds. The van der Waals surface area contributed by atoms with E-state index in [0.29, 0.717) is 29.2 Å². The molecular formula is C18H18Cl2N4O2. The summed E-state index contributed by atoms with van der Waals surface area (Å²) < 4.78 is 0. The van der Waals surface area contributed by atoms with Crippen molar-refractivity contribution in [2.45, 2.75) is 25.0 Å². The van der Waals surface area contributed by atoms with Gasteiger partial charge in [-0.1, -0.05) is 35.0 Å². The Kier molecular flexibility index (Phi) is 5.84. The molecule has 2 aromatic rings. The molecule has 6 nitrogen and oxygen atoms in total. The zero-order valence-electron chi connectivity index (χ0n) is 13.8. The highest BCUT2D eigenvalue weighted by Crippen LogP contribution is 2.30. The van der Waals surface area contributed by atoms with E-state index in [1.165, 1.54) is 0 Å². The lowest BCUT2D eigenvalue weighted by atomic mass is 10.1. The molecule has 3 atom stereocenters. The standard InChI is InChI=1S/C18H18Cl2N4O2/c19-12-4-1-10(2-5-12)3-6-13-16(20)23-18(21)24-17(13)22-14-7-11(9-25)8-15(14)26/h1-2,4-5,11,14-15,25-26H,7-9H2,(H3,21,22,23,24)/t11-,14+,15+/m0/s1. The maximum Gasteiger partial charge on any atom is 0.223 e. The second kappa shape index (κ2) is 8.11.